The van der Waals surface area contributed by atoms with Crippen molar-refractivity contribution in [2.75, 3.05) is 26.2 Å². The van der Waals surface area contributed by atoms with Crippen LogP contribution < -0.4 is 0 Å². The summed E-state index contributed by atoms with van der Waals surface area (Å²) in [6.45, 7) is 3.64. The minimum absolute atomic E-state index is 0.412. The molecule has 2 heteroatoms. The second kappa shape index (κ2) is 12.5. The van der Waals surface area contributed by atoms with E-state index in [0.29, 0.717) is 0 Å². The van der Waals surface area contributed by atoms with Crippen LogP contribution in [0.2, 0.25) is 0 Å². The van der Waals surface area contributed by atoms with E-state index >= 15 is 0 Å². The molecule has 0 saturated carbocycles. The summed E-state index contributed by atoms with van der Waals surface area (Å²) in [5.74, 6) is 0. The van der Waals surface area contributed by atoms with Gasteiger partial charge in [0, 0.05) is 26.2 Å². The highest BCUT2D eigenvalue weighted by atomic mass is 15.3. The quantitative estimate of drug-likeness (QED) is 0.169. The summed E-state index contributed by atoms with van der Waals surface area (Å²) in [6.07, 6.45) is 0. The van der Waals surface area contributed by atoms with Crippen molar-refractivity contribution in [3.05, 3.63) is 215 Å². The molecule has 0 aliphatic carbocycles. The lowest BCUT2D eigenvalue weighted by molar-refractivity contribution is 0.0349. The van der Waals surface area contributed by atoms with Crippen molar-refractivity contribution in [2.24, 2.45) is 0 Å². The number of hydrogen-bond donors (Lipinski definition) is 0. The highest BCUT2D eigenvalue weighted by Gasteiger charge is 2.47. The molecule has 1 fully saturated rings. The summed E-state index contributed by atoms with van der Waals surface area (Å²) < 4.78 is 0. The van der Waals surface area contributed by atoms with Crippen molar-refractivity contribution in [2.45, 2.75) is 11.1 Å². The van der Waals surface area contributed by atoms with Gasteiger partial charge in [-0.3, -0.25) is 9.80 Å². The first-order valence-corrected chi connectivity index (χ1v) is 15.7. The van der Waals surface area contributed by atoms with E-state index < -0.39 is 11.1 Å². The molecule has 0 atom stereocenters. The maximum Gasteiger partial charge on any atom is 0.0973 e. The predicted molar refractivity (Wildman–Crippen MR) is 182 cm³/mol. The SMILES string of the molecule is c1ccc(C(c2ccccc2)(c2ccccc2)N2CCN(C(c3ccccc3)(c3ccccc3)c3ccccc3)CC2)cc1. The molecular formula is C42H38N2. The fraction of sp³-hybridized carbons (Fsp3) is 0.143. The molecule has 7 rings (SSSR count). The van der Waals surface area contributed by atoms with Gasteiger partial charge in [0.2, 0.25) is 0 Å². The van der Waals surface area contributed by atoms with Crippen molar-refractivity contribution in [3.63, 3.8) is 0 Å². The molecule has 1 saturated heterocycles. The van der Waals surface area contributed by atoms with Crippen LogP contribution in [0.25, 0.3) is 0 Å². The average molecular weight is 571 g/mol. The Morgan fingerprint density at radius 1 is 0.250 bits per heavy atom. The first kappa shape index (κ1) is 28.0. The molecule has 44 heavy (non-hydrogen) atoms. The Labute approximate surface area is 261 Å². The number of piperazine rings is 1. The van der Waals surface area contributed by atoms with Crippen LogP contribution in [0.4, 0.5) is 0 Å². The summed E-state index contributed by atoms with van der Waals surface area (Å²) in [6, 6.07) is 66.5. The summed E-state index contributed by atoms with van der Waals surface area (Å²) in [5, 5.41) is 0. The highest BCUT2D eigenvalue weighted by molar-refractivity contribution is 5.52. The maximum atomic E-state index is 2.72. The largest absolute Gasteiger partial charge is 0.284 e. The van der Waals surface area contributed by atoms with Crippen LogP contribution in [0.15, 0.2) is 182 Å². The number of benzene rings is 6. The van der Waals surface area contributed by atoms with Gasteiger partial charge in [-0.25, -0.2) is 0 Å². The van der Waals surface area contributed by atoms with Crippen LogP contribution in [-0.4, -0.2) is 36.0 Å². The van der Waals surface area contributed by atoms with Gasteiger partial charge >= 0.3 is 0 Å². The van der Waals surface area contributed by atoms with Crippen LogP contribution in [-0.2, 0) is 11.1 Å². The van der Waals surface area contributed by atoms with Gasteiger partial charge in [0.05, 0.1) is 11.1 Å². The number of rotatable bonds is 8. The van der Waals surface area contributed by atoms with Crippen LogP contribution in [0.3, 0.4) is 0 Å². The van der Waals surface area contributed by atoms with Crippen LogP contribution in [0.5, 0.6) is 0 Å². The summed E-state index contributed by atoms with van der Waals surface area (Å²) in [5.41, 5.74) is 6.96. The van der Waals surface area contributed by atoms with Gasteiger partial charge in [0.25, 0.3) is 0 Å². The van der Waals surface area contributed by atoms with E-state index in [0.717, 1.165) is 26.2 Å². The molecule has 1 heterocycles. The second-order valence-electron chi connectivity index (χ2n) is 11.6. The van der Waals surface area contributed by atoms with Gasteiger partial charge in [-0.2, -0.15) is 0 Å². The van der Waals surface area contributed by atoms with E-state index in [1.807, 2.05) is 0 Å². The van der Waals surface area contributed by atoms with Crippen LogP contribution in [0.1, 0.15) is 33.4 Å². The van der Waals surface area contributed by atoms with Gasteiger partial charge in [0.1, 0.15) is 0 Å². The van der Waals surface area contributed by atoms with E-state index in [-0.39, 0.29) is 0 Å². The third-order valence-corrected chi connectivity index (χ3v) is 9.38. The Morgan fingerprint density at radius 3 is 0.568 bits per heavy atom. The fourth-order valence-electron chi connectivity index (χ4n) is 7.55. The monoisotopic (exact) mass is 570 g/mol. The Balaban J connectivity index is 1.37. The van der Waals surface area contributed by atoms with Gasteiger partial charge in [-0.15, -0.1) is 0 Å². The average Bonchev–Trinajstić information content (AvgIpc) is 3.12. The molecule has 6 aromatic rings. The van der Waals surface area contributed by atoms with E-state index in [9.17, 15) is 0 Å². The fourth-order valence-corrected chi connectivity index (χ4v) is 7.55. The molecule has 2 nitrogen and oxygen atoms in total. The van der Waals surface area contributed by atoms with Crippen LogP contribution in [0, 0.1) is 0 Å². The topological polar surface area (TPSA) is 6.48 Å². The maximum absolute atomic E-state index is 2.72. The van der Waals surface area contributed by atoms with E-state index in [4.69, 9.17) is 0 Å². The lowest BCUT2D eigenvalue weighted by Crippen LogP contribution is -2.61. The van der Waals surface area contributed by atoms with Crippen molar-refractivity contribution in [3.8, 4) is 0 Å². The minimum Gasteiger partial charge on any atom is -0.284 e. The minimum atomic E-state index is -0.412. The van der Waals surface area contributed by atoms with E-state index in [2.05, 4.69) is 192 Å². The lowest BCUT2D eigenvalue weighted by Gasteiger charge is -2.53. The number of hydrogen-bond acceptors (Lipinski definition) is 2. The smallest absolute Gasteiger partial charge is 0.0973 e. The Hall–Kier alpha value is -4.76. The third-order valence-electron chi connectivity index (χ3n) is 9.38. The third kappa shape index (κ3) is 4.77. The summed E-state index contributed by atoms with van der Waals surface area (Å²) in [7, 11) is 0. The molecule has 0 bridgehead atoms. The molecule has 0 aromatic heterocycles. The Kier molecular flexibility index (Phi) is 7.94. The first-order valence-electron chi connectivity index (χ1n) is 15.7. The van der Waals surface area contributed by atoms with Crippen molar-refractivity contribution < 1.29 is 0 Å². The number of nitrogens with zero attached hydrogens (tertiary/aromatic N) is 2. The molecule has 0 N–H and O–H groups in total. The first-order chi connectivity index (χ1) is 21.8. The van der Waals surface area contributed by atoms with Crippen molar-refractivity contribution in [1.82, 2.24) is 9.80 Å². The molecular weight excluding hydrogens is 532 g/mol. The van der Waals surface area contributed by atoms with Crippen LogP contribution >= 0.6 is 0 Å². The zero-order chi connectivity index (χ0) is 29.7. The van der Waals surface area contributed by atoms with E-state index in [1.54, 1.807) is 0 Å². The Morgan fingerprint density at radius 2 is 0.409 bits per heavy atom. The zero-order valence-corrected chi connectivity index (χ0v) is 25.0. The molecule has 0 spiro atoms. The van der Waals surface area contributed by atoms with Gasteiger partial charge in [0.15, 0.2) is 0 Å². The molecule has 1 aliphatic heterocycles. The van der Waals surface area contributed by atoms with Gasteiger partial charge < -0.3 is 0 Å². The molecule has 6 aromatic carbocycles. The second-order valence-corrected chi connectivity index (χ2v) is 11.6. The normalized spacial score (nSPS) is 14.7. The van der Waals surface area contributed by atoms with Gasteiger partial charge in [-0.1, -0.05) is 182 Å². The molecule has 0 unspecified atom stereocenters. The predicted octanol–water partition coefficient (Wildman–Crippen LogP) is 8.59. The lowest BCUT2D eigenvalue weighted by atomic mass is 9.73. The standard InChI is InChI=1S/C42H38N2/c1-7-19-35(20-8-1)41(36-21-9-2-10-22-36,37-23-11-3-12-24-37)43-31-33-44(34-32-43)42(38-25-13-4-14-26-38,39-27-15-5-16-28-39)40-29-17-6-18-30-40/h1-30H,31-34H2. The molecule has 0 radical (unpaired) electrons. The van der Waals surface area contributed by atoms with Crippen molar-refractivity contribution in [1.29, 1.82) is 0 Å². The highest BCUT2D eigenvalue weighted by Crippen LogP contribution is 2.46. The van der Waals surface area contributed by atoms with Crippen molar-refractivity contribution >= 4 is 0 Å². The summed E-state index contributed by atoms with van der Waals surface area (Å²) >= 11 is 0. The summed E-state index contributed by atoms with van der Waals surface area (Å²) in [4.78, 5) is 5.44. The molecule has 216 valence electrons. The Bertz CT molecular complexity index is 1400. The van der Waals surface area contributed by atoms with Gasteiger partial charge in [-0.05, 0) is 33.4 Å². The molecule has 0 amide bonds. The zero-order valence-electron chi connectivity index (χ0n) is 25.0. The van der Waals surface area contributed by atoms with E-state index in [1.165, 1.54) is 33.4 Å². The molecule has 1 aliphatic rings.